The second-order valence-corrected chi connectivity index (χ2v) is 5.10. The van der Waals surface area contributed by atoms with E-state index in [1.807, 2.05) is 0 Å². The molecule has 0 aromatic heterocycles. The number of hydrogen-bond acceptors (Lipinski definition) is 3. The highest BCUT2D eigenvalue weighted by molar-refractivity contribution is 4.62. The van der Waals surface area contributed by atoms with E-state index in [4.69, 9.17) is 4.74 Å². The highest BCUT2D eigenvalue weighted by atomic mass is 16.5. The minimum atomic E-state index is -0.0571. The predicted molar refractivity (Wildman–Crippen MR) is 71.3 cm³/mol. The molecule has 0 spiro atoms. The van der Waals surface area contributed by atoms with Gasteiger partial charge in [0.05, 0.1) is 19.3 Å². The first-order chi connectivity index (χ1) is 8.33. The van der Waals surface area contributed by atoms with Crippen molar-refractivity contribution in [1.82, 2.24) is 4.90 Å². The third kappa shape index (κ3) is 7.74. The molecule has 3 heteroatoms. The van der Waals surface area contributed by atoms with Crippen LogP contribution in [-0.4, -0.2) is 49.0 Å². The molecule has 3 nitrogen and oxygen atoms in total. The van der Waals surface area contributed by atoms with Gasteiger partial charge >= 0.3 is 0 Å². The van der Waals surface area contributed by atoms with Crippen LogP contribution >= 0.6 is 0 Å². The summed E-state index contributed by atoms with van der Waals surface area (Å²) in [5.41, 5.74) is 0. The van der Waals surface area contributed by atoms with Crippen LogP contribution in [-0.2, 0) is 4.74 Å². The summed E-state index contributed by atoms with van der Waals surface area (Å²) in [7, 11) is 0. The highest BCUT2D eigenvalue weighted by Crippen LogP contribution is 2.10. The smallest absolute Gasteiger partial charge is 0.0594 e. The Hall–Kier alpha value is -0.120. The molecule has 1 N–H and O–H groups in total. The summed E-state index contributed by atoms with van der Waals surface area (Å²) in [4.78, 5) is 2.48. The second kappa shape index (κ2) is 9.86. The van der Waals surface area contributed by atoms with Gasteiger partial charge in [-0.05, 0) is 25.8 Å². The number of rotatable bonds is 9. The van der Waals surface area contributed by atoms with Crippen LogP contribution in [0.25, 0.3) is 0 Å². The maximum absolute atomic E-state index is 9.70. The van der Waals surface area contributed by atoms with Gasteiger partial charge in [-0.15, -0.1) is 0 Å². The predicted octanol–water partition coefficient (Wildman–Crippen LogP) is 2.43. The lowest BCUT2D eigenvalue weighted by Crippen LogP contribution is -2.36. The molecule has 0 amide bonds. The van der Waals surface area contributed by atoms with Crippen molar-refractivity contribution in [3.63, 3.8) is 0 Å². The van der Waals surface area contributed by atoms with Crippen LogP contribution in [0.2, 0.25) is 0 Å². The summed E-state index contributed by atoms with van der Waals surface area (Å²) in [5, 5.41) is 9.70. The van der Waals surface area contributed by atoms with Gasteiger partial charge in [0.2, 0.25) is 0 Å². The Morgan fingerprint density at radius 3 is 2.47 bits per heavy atom. The van der Waals surface area contributed by atoms with E-state index < -0.39 is 0 Å². The van der Waals surface area contributed by atoms with E-state index in [0.29, 0.717) is 0 Å². The average molecular weight is 243 g/mol. The van der Waals surface area contributed by atoms with Crippen LogP contribution in [0.4, 0.5) is 0 Å². The summed E-state index contributed by atoms with van der Waals surface area (Å²) < 4.78 is 5.32. The van der Waals surface area contributed by atoms with Crippen LogP contribution in [0.15, 0.2) is 0 Å². The van der Waals surface area contributed by atoms with Gasteiger partial charge in [0.25, 0.3) is 0 Å². The molecule has 0 aliphatic carbocycles. The molecule has 1 rings (SSSR count). The molecule has 0 radical (unpaired) electrons. The fraction of sp³-hybridized carbons (Fsp3) is 1.00. The topological polar surface area (TPSA) is 32.7 Å². The summed E-state index contributed by atoms with van der Waals surface area (Å²) in [6.45, 7) is 7.37. The zero-order valence-electron chi connectivity index (χ0n) is 11.4. The Morgan fingerprint density at radius 1 is 1.06 bits per heavy atom. The van der Waals surface area contributed by atoms with E-state index >= 15 is 0 Å². The van der Waals surface area contributed by atoms with Crippen LogP contribution < -0.4 is 0 Å². The maximum Gasteiger partial charge on any atom is 0.0594 e. The van der Waals surface area contributed by atoms with Crippen LogP contribution in [0.5, 0.6) is 0 Å². The number of nitrogens with zero attached hydrogens (tertiary/aromatic N) is 1. The van der Waals surface area contributed by atoms with Crippen molar-refractivity contribution in [1.29, 1.82) is 0 Å². The standard InChI is InChI=1S/C14H29NO2/c1-2-3-7-14(16)8-5-4-6-9-15-10-12-17-13-11-15/h14,16H,2-13H2,1H3/t14-/m0/s1. The van der Waals surface area contributed by atoms with Gasteiger partial charge < -0.3 is 9.84 Å². The Kier molecular flexibility index (Phi) is 8.67. The molecule has 102 valence electrons. The fourth-order valence-corrected chi connectivity index (χ4v) is 2.30. The van der Waals surface area contributed by atoms with E-state index in [1.54, 1.807) is 0 Å². The van der Waals surface area contributed by atoms with Crippen molar-refractivity contribution in [3.8, 4) is 0 Å². The Labute approximate surface area is 106 Å². The van der Waals surface area contributed by atoms with E-state index in [1.165, 1.54) is 32.2 Å². The molecule has 17 heavy (non-hydrogen) atoms. The lowest BCUT2D eigenvalue weighted by molar-refractivity contribution is 0.0370. The zero-order valence-corrected chi connectivity index (χ0v) is 11.4. The molecule has 1 atom stereocenters. The van der Waals surface area contributed by atoms with E-state index in [0.717, 1.165) is 45.6 Å². The van der Waals surface area contributed by atoms with Crippen LogP contribution in [0.1, 0.15) is 51.9 Å². The number of aliphatic hydroxyl groups excluding tert-OH is 1. The number of aliphatic hydroxyl groups is 1. The monoisotopic (exact) mass is 243 g/mol. The van der Waals surface area contributed by atoms with Gasteiger partial charge in [0.15, 0.2) is 0 Å². The first kappa shape index (κ1) is 14.9. The molecule has 1 aliphatic rings. The lowest BCUT2D eigenvalue weighted by Gasteiger charge is -2.26. The van der Waals surface area contributed by atoms with Crippen molar-refractivity contribution in [2.45, 2.75) is 58.0 Å². The van der Waals surface area contributed by atoms with Gasteiger partial charge in [0, 0.05) is 13.1 Å². The Morgan fingerprint density at radius 2 is 1.76 bits per heavy atom. The lowest BCUT2D eigenvalue weighted by atomic mass is 10.1. The average Bonchev–Trinajstić information content (AvgIpc) is 2.37. The van der Waals surface area contributed by atoms with E-state index in [9.17, 15) is 5.11 Å². The van der Waals surface area contributed by atoms with Gasteiger partial charge in [0.1, 0.15) is 0 Å². The van der Waals surface area contributed by atoms with Gasteiger partial charge in [-0.25, -0.2) is 0 Å². The van der Waals surface area contributed by atoms with Crippen molar-refractivity contribution < 1.29 is 9.84 Å². The molecule has 1 aliphatic heterocycles. The number of unbranched alkanes of at least 4 members (excludes halogenated alkanes) is 3. The fourth-order valence-electron chi connectivity index (χ4n) is 2.30. The maximum atomic E-state index is 9.70. The van der Waals surface area contributed by atoms with E-state index in [-0.39, 0.29) is 6.10 Å². The molecule has 1 saturated heterocycles. The van der Waals surface area contributed by atoms with Crippen molar-refractivity contribution in [3.05, 3.63) is 0 Å². The van der Waals surface area contributed by atoms with Crippen molar-refractivity contribution in [2.75, 3.05) is 32.8 Å². The Bertz CT molecular complexity index is 170. The SMILES string of the molecule is CCCC[C@H](O)CCCCCN1CCOCC1. The summed E-state index contributed by atoms with van der Waals surface area (Å²) >= 11 is 0. The zero-order chi connectivity index (χ0) is 12.3. The number of hydrogen-bond donors (Lipinski definition) is 1. The van der Waals surface area contributed by atoms with Crippen LogP contribution in [0, 0.1) is 0 Å². The number of ether oxygens (including phenoxy) is 1. The third-order valence-corrected chi connectivity index (χ3v) is 3.51. The van der Waals surface area contributed by atoms with E-state index in [2.05, 4.69) is 11.8 Å². The molecule has 0 aromatic rings. The summed E-state index contributed by atoms with van der Waals surface area (Å²) in [6.07, 6.45) is 7.96. The van der Waals surface area contributed by atoms with Gasteiger partial charge in [-0.2, -0.15) is 0 Å². The molecule has 0 bridgehead atoms. The van der Waals surface area contributed by atoms with Gasteiger partial charge in [-0.3, -0.25) is 4.90 Å². The highest BCUT2D eigenvalue weighted by Gasteiger charge is 2.09. The van der Waals surface area contributed by atoms with Crippen LogP contribution in [0.3, 0.4) is 0 Å². The van der Waals surface area contributed by atoms with Crippen molar-refractivity contribution >= 4 is 0 Å². The third-order valence-electron chi connectivity index (χ3n) is 3.51. The first-order valence-electron chi connectivity index (χ1n) is 7.31. The second-order valence-electron chi connectivity index (χ2n) is 5.10. The molecule has 1 fully saturated rings. The quantitative estimate of drug-likeness (QED) is 0.631. The largest absolute Gasteiger partial charge is 0.393 e. The Balaban J connectivity index is 1.86. The minimum Gasteiger partial charge on any atom is -0.393 e. The first-order valence-corrected chi connectivity index (χ1v) is 7.31. The summed E-state index contributed by atoms with van der Waals surface area (Å²) in [6, 6.07) is 0. The molecular weight excluding hydrogens is 214 g/mol. The molecular formula is C14H29NO2. The summed E-state index contributed by atoms with van der Waals surface area (Å²) in [5.74, 6) is 0. The molecule has 0 aromatic carbocycles. The van der Waals surface area contributed by atoms with Crippen molar-refractivity contribution in [2.24, 2.45) is 0 Å². The van der Waals surface area contributed by atoms with Gasteiger partial charge in [-0.1, -0.05) is 32.6 Å². The molecule has 1 heterocycles. The number of morpholine rings is 1. The minimum absolute atomic E-state index is 0.0571. The normalized spacial score (nSPS) is 19.4. The molecule has 0 saturated carbocycles. The molecule has 0 unspecified atom stereocenters.